The fourth-order valence-electron chi connectivity index (χ4n) is 0.380. The van der Waals surface area contributed by atoms with Crippen LogP contribution in [0.25, 0.3) is 0 Å². The van der Waals surface area contributed by atoms with Crippen molar-refractivity contribution in [2.75, 3.05) is 0 Å². The summed E-state index contributed by atoms with van der Waals surface area (Å²) in [5, 5.41) is 0. The van der Waals surface area contributed by atoms with Crippen LogP contribution in [0.15, 0.2) is 0 Å². The molecule has 0 amide bonds. The van der Waals surface area contributed by atoms with Crippen molar-refractivity contribution in [1.82, 2.24) is 0 Å². The van der Waals surface area contributed by atoms with E-state index in [4.69, 9.17) is 4.89 Å². The van der Waals surface area contributed by atoms with Gasteiger partial charge in [0.1, 0.15) is 5.60 Å². The zero-order valence-electron chi connectivity index (χ0n) is 12.4. The van der Waals surface area contributed by atoms with Crippen molar-refractivity contribution in [3.8, 4) is 0 Å². The molecule has 0 aromatic carbocycles. The van der Waals surface area contributed by atoms with E-state index in [1.54, 1.807) is 13.8 Å². The van der Waals surface area contributed by atoms with Crippen LogP contribution in [0.3, 0.4) is 0 Å². The molecular weight excluding hydrogens is 256 g/mol. The second-order valence-corrected chi connectivity index (χ2v) is 4.90. The molecule has 0 heterocycles. The Morgan fingerprint density at radius 2 is 1.21 bits per heavy atom. The van der Waals surface area contributed by atoms with Gasteiger partial charge in [0.25, 0.3) is 0 Å². The first-order valence-electron chi connectivity index (χ1n) is 5.71. The lowest BCUT2D eigenvalue weighted by atomic mass is 10.2. The van der Waals surface area contributed by atoms with E-state index in [9.17, 15) is 14.4 Å². The summed E-state index contributed by atoms with van der Waals surface area (Å²) < 4.78 is 0. The first-order valence-corrected chi connectivity index (χ1v) is 5.71. The molecule has 112 valence electrons. The van der Waals surface area contributed by atoms with Crippen LogP contribution in [0, 0.1) is 5.92 Å². The summed E-state index contributed by atoms with van der Waals surface area (Å²) in [5.41, 5.74) is -0.426. The molecule has 7 heteroatoms. The van der Waals surface area contributed by atoms with Crippen LogP contribution in [0.4, 0.5) is 0 Å². The van der Waals surface area contributed by atoms with Crippen LogP contribution in [0.1, 0.15) is 48.5 Å². The van der Waals surface area contributed by atoms with Crippen molar-refractivity contribution in [3.05, 3.63) is 0 Å². The molecule has 19 heavy (non-hydrogen) atoms. The van der Waals surface area contributed by atoms with Crippen LogP contribution < -0.4 is 0 Å². The third-order valence-corrected chi connectivity index (χ3v) is 1.12. The zero-order valence-corrected chi connectivity index (χ0v) is 12.4. The van der Waals surface area contributed by atoms with Gasteiger partial charge in [-0.2, -0.15) is 4.89 Å². The number of carbonyl (C=O) groups is 3. The van der Waals surface area contributed by atoms with Gasteiger partial charge in [-0.1, -0.05) is 13.8 Å². The number of hydrogen-bond donors (Lipinski definition) is 0. The van der Waals surface area contributed by atoms with Gasteiger partial charge in [-0.25, -0.2) is 24.2 Å². The van der Waals surface area contributed by atoms with Gasteiger partial charge in [-0.05, 0) is 20.8 Å². The monoisotopic (exact) mass is 278 g/mol. The molecule has 0 atom stereocenters. The fraction of sp³-hybridized carbons (Fsp3) is 0.750. The Bertz CT molecular complexity index is 288. The molecule has 0 aromatic heterocycles. The third kappa shape index (κ3) is 18.9. The molecule has 0 fully saturated rings. The molecule has 0 saturated carbocycles. The average Bonchev–Trinajstić information content (AvgIpc) is 2.22. The highest BCUT2D eigenvalue weighted by molar-refractivity contribution is 5.70. The van der Waals surface area contributed by atoms with Gasteiger partial charge >= 0.3 is 17.9 Å². The van der Waals surface area contributed by atoms with Crippen molar-refractivity contribution in [3.63, 3.8) is 0 Å². The van der Waals surface area contributed by atoms with Gasteiger partial charge < -0.3 is 0 Å². The Labute approximate surface area is 113 Å². The molecule has 0 rings (SSSR count). The second-order valence-electron chi connectivity index (χ2n) is 4.90. The van der Waals surface area contributed by atoms with E-state index in [0.717, 1.165) is 13.8 Å². The molecule has 0 N–H and O–H groups in total. The Balaban J connectivity index is 0. The maximum atomic E-state index is 10.8. The Morgan fingerprint density at radius 3 is 1.42 bits per heavy atom. The first kappa shape index (κ1) is 19.7. The Morgan fingerprint density at radius 1 is 0.842 bits per heavy atom. The van der Waals surface area contributed by atoms with Crippen molar-refractivity contribution in [1.29, 1.82) is 0 Å². The fourth-order valence-corrected chi connectivity index (χ4v) is 0.380. The Hall–Kier alpha value is -1.63. The molecule has 0 aliphatic rings. The van der Waals surface area contributed by atoms with Crippen molar-refractivity contribution in [2.24, 2.45) is 5.92 Å². The largest absolute Gasteiger partial charge is 0.352 e. The maximum Gasteiger partial charge on any atom is 0.352 e. The highest BCUT2D eigenvalue weighted by Crippen LogP contribution is 2.08. The molecule has 0 aliphatic heterocycles. The van der Waals surface area contributed by atoms with E-state index < -0.39 is 17.5 Å². The Kier molecular flexibility index (Phi) is 9.67. The van der Waals surface area contributed by atoms with E-state index in [-0.39, 0.29) is 11.9 Å². The summed E-state index contributed by atoms with van der Waals surface area (Å²) in [7, 11) is 0. The SMILES string of the molecule is CC(=O)OOC(C)=O.CC(C)C(=O)OOC(C)(C)C. The van der Waals surface area contributed by atoms with E-state index in [0.29, 0.717) is 0 Å². The normalized spacial score (nSPS) is 10.1. The van der Waals surface area contributed by atoms with Crippen molar-refractivity contribution < 1.29 is 33.9 Å². The van der Waals surface area contributed by atoms with Gasteiger partial charge in [0.2, 0.25) is 0 Å². The highest BCUT2D eigenvalue weighted by Gasteiger charge is 2.16. The molecule has 0 radical (unpaired) electrons. The topological polar surface area (TPSA) is 88.1 Å². The second kappa shape index (κ2) is 9.32. The zero-order chi connectivity index (χ0) is 15.6. The van der Waals surface area contributed by atoms with Gasteiger partial charge in [0.05, 0.1) is 5.92 Å². The minimum atomic E-state index is -0.639. The predicted octanol–water partition coefficient (Wildman–Crippen LogP) is 1.94. The van der Waals surface area contributed by atoms with Gasteiger partial charge in [-0.15, -0.1) is 0 Å². The number of hydrogen-bond acceptors (Lipinski definition) is 7. The van der Waals surface area contributed by atoms with Gasteiger partial charge in [0, 0.05) is 13.8 Å². The molecule has 0 saturated heterocycles. The molecule has 0 spiro atoms. The lowest BCUT2D eigenvalue weighted by molar-refractivity contribution is -0.322. The smallest absolute Gasteiger partial charge is 0.298 e. The first-order chi connectivity index (χ1) is 8.45. The molecule has 0 aromatic rings. The van der Waals surface area contributed by atoms with Crippen LogP contribution >= 0.6 is 0 Å². The van der Waals surface area contributed by atoms with Crippen LogP contribution in [0.5, 0.6) is 0 Å². The molecule has 0 aliphatic carbocycles. The van der Waals surface area contributed by atoms with E-state index in [1.807, 2.05) is 20.8 Å². The molecule has 0 bridgehead atoms. The summed E-state index contributed by atoms with van der Waals surface area (Å²) in [5.74, 6) is -1.75. The summed E-state index contributed by atoms with van der Waals surface area (Å²) in [6.45, 7) is 11.3. The van der Waals surface area contributed by atoms with E-state index in [1.165, 1.54) is 0 Å². The van der Waals surface area contributed by atoms with Crippen LogP contribution in [0.2, 0.25) is 0 Å². The molecule has 0 unspecified atom stereocenters. The third-order valence-electron chi connectivity index (χ3n) is 1.12. The van der Waals surface area contributed by atoms with Crippen molar-refractivity contribution in [2.45, 2.75) is 54.1 Å². The van der Waals surface area contributed by atoms with E-state index in [2.05, 4.69) is 14.7 Å². The lowest BCUT2D eigenvalue weighted by Gasteiger charge is -2.17. The standard InChI is InChI=1S/C8H16O3.C4H6O4/c1-6(2)7(9)10-11-8(3,4)5;1-3(5)7-8-4(2)6/h6H,1-5H3;1-2H3. The van der Waals surface area contributed by atoms with E-state index >= 15 is 0 Å². The average molecular weight is 278 g/mol. The molecular formula is C12H22O7. The molecule has 7 nitrogen and oxygen atoms in total. The number of carbonyl (C=O) groups excluding carboxylic acids is 3. The van der Waals surface area contributed by atoms with Crippen LogP contribution in [-0.2, 0) is 33.9 Å². The van der Waals surface area contributed by atoms with Crippen molar-refractivity contribution >= 4 is 17.9 Å². The minimum absolute atomic E-state index is 0.141. The quantitative estimate of drug-likeness (QED) is 0.563. The summed E-state index contributed by atoms with van der Waals surface area (Å²) in [4.78, 5) is 47.5. The summed E-state index contributed by atoms with van der Waals surface area (Å²) in [6.07, 6.45) is 0. The highest BCUT2D eigenvalue weighted by atomic mass is 17.2. The lowest BCUT2D eigenvalue weighted by Crippen LogP contribution is -2.23. The van der Waals surface area contributed by atoms with Gasteiger partial charge in [-0.3, -0.25) is 4.89 Å². The van der Waals surface area contributed by atoms with Crippen LogP contribution in [-0.4, -0.2) is 23.5 Å². The minimum Gasteiger partial charge on any atom is -0.298 e. The predicted molar refractivity (Wildman–Crippen MR) is 65.3 cm³/mol. The summed E-state index contributed by atoms with van der Waals surface area (Å²) in [6, 6.07) is 0. The van der Waals surface area contributed by atoms with Gasteiger partial charge in [0.15, 0.2) is 0 Å². The maximum absolute atomic E-state index is 10.8. The number of rotatable bonds is 2. The summed E-state index contributed by atoms with van der Waals surface area (Å²) >= 11 is 0.